The Hall–Kier alpha value is -5.42. The summed E-state index contributed by atoms with van der Waals surface area (Å²) in [6.07, 6.45) is 2.94. The molecule has 0 saturated heterocycles. The summed E-state index contributed by atoms with van der Waals surface area (Å²) >= 11 is 1.38. The van der Waals surface area contributed by atoms with Gasteiger partial charge in [-0.2, -0.15) is 0 Å². The lowest BCUT2D eigenvalue weighted by Crippen LogP contribution is -2.46. The molecule has 0 aliphatic heterocycles. The Morgan fingerprint density at radius 1 is 0.769 bits per heavy atom. The van der Waals surface area contributed by atoms with Crippen molar-refractivity contribution >= 4 is 23.8 Å². The minimum absolute atomic E-state index is 0.304. The van der Waals surface area contributed by atoms with E-state index < -0.39 is 34.5 Å². The molecule has 0 bridgehead atoms. The highest BCUT2D eigenvalue weighted by Crippen LogP contribution is 2.44. The number of hydrogen-bond donors (Lipinski definition) is 1. The zero-order valence-corrected chi connectivity index (χ0v) is 31.3. The summed E-state index contributed by atoms with van der Waals surface area (Å²) in [6, 6.07) is 33.0. The van der Waals surface area contributed by atoms with Gasteiger partial charge in [0.2, 0.25) is 0 Å². The van der Waals surface area contributed by atoms with Crippen LogP contribution in [0.1, 0.15) is 54.0 Å². The maximum atomic E-state index is 13.6. The highest BCUT2D eigenvalue weighted by Gasteiger charge is 2.41. The first-order chi connectivity index (χ1) is 25.0. The maximum Gasteiger partial charge on any atom is 0.408 e. The SMILES string of the molecule is COC(=O)[C@@H](NC(=O)OC(C)(C)C)[C@@H](SCc1c(OC)cc(OC)cc1OC)c1cn(C(c2ccccc2)(c2ccccc2)c2ccccc2)cn1. The van der Waals surface area contributed by atoms with Gasteiger partial charge in [-0.3, -0.25) is 0 Å². The van der Waals surface area contributed by atoms with Crippen LogP contribution in [0.25, 0.3) is 0 Å². The van der Waals surface area contributed by atoms with Crippen LogP contribution in [0.15, 0.2) is 116 Å². The van der Waals surface area contributed by atoms with Crippen molar-refractivity contribution in [2.75, 3.05) is 28.4 Å². The third kappa shape index (κ3) is 8.21. The number of benzene rings is 4. The van der Waals surface area contributed by atoms with E-state index in [-0.39, 0.29) is 0 Å². The summed E-state index contributed by atoms with van der Waals surface area (Å²) < 4.78 is 29.9. The number of carbonyl (C=O) groups excluding carboxylic acids is 2. The first-order valence-electron chi connectivity index (χ1n) is 16.7. The number of alkyl carbamates (subject to hydrolysis) is 1. The van der Waals surface area contributed by atoms with E-state index in [2.05, 4.69) is 46.3 Å². The largest absolute Gasteiger partial charge is 0.496 e. The lowest BCUT2D eigenvalue weighted by Gasteiger charge is -2.37. The van der Waals surface area contributed by atoms with Gasteiger partial charge in [0.25, 0.3) is 0 Å². The molecule has 11 heteroatoms. The van der Waals surface area contributed by atoms with Gasteiger partial charge in [-0.1, -0.05) is 91.0 Å². The number of methoxy groups -OCH3 is 4. The van der Waals surface area contributed by atoms with Crippen molar-refractivity contribution in [1.82, 2.24) is 14.9 Å². The van der Waals surface area contributed by atoms with Crippen LogP contribution in [0, 0.1) is 0 Å². The normalized spacial score (nSPS) is 12.7. The fourth-order valence-corrected chi connectivity index (χ4v) is 7.51. The molecule has 5 aromatic rings. The fraction of sp³-hybridized carbons (Fsp3) is 0.293. The molecule has 10 nitrogen and oxygen atoms in total. The molecular formula is C41H45N3O7S. The topological polar surface area (TPSA) is 110 Å². The van der Waals surface area contributed by atoms with E-state index in [1.807, 2.05) is 60.8 Å². The predicted octanol–water partition coefficient (Wildman–Crippen LogP) is 7.79. The van der Waals surface area contributed by atoms with Crippen molar-refractivity contribution in [1.29, 1.82) is 0 Å². The summed E-state index contributed by atoms with van der Waals surface area (Å²) in [5.74, 6) is 1.29. The summed E-state index contributed by atoms with van der Waals surface area (Å²) in [7, 11) is 5.99. The number of amides is 1. The fourth-order valence-electron chi connectivity index (χ4n) is 6.22. The van der Waals surface area contributed by atoms with Gasteiger partial charge in [0.05, 0.1) is 45.7 Å². The second-order valence-corrected chi connectivity index (χ2v) is 14.0. The first-order valence-corrected chi connectivity index (χ1v) is 17.8. The minimum Gasteiger partial charge on any atom is -0.496 e. The van der Waals surface area contributed by atoms with Crippen LogP contribution in [0.2, 0.25) is 0 Å². The Bertz CT molecular complexity index is 1810. The minimum atomic E-state index is -1.19. The summed E-state index contributed by atoms with van der Waals surface area (Å²) in [4.78, 5) is 31.9. The average molecular weight is 724 g/mol. The molecule has 1 aromatic heterocycles. The van der Waals surface area contributed by atoms with E-state index in [1.165, 1.54) is 18.9 Å². The van der Waals surface area contributed by atoms with Gasteiger partial charge in [-0.05, 0) is 37.5 Å². The molecule has 0 aliphatic carbocycles. The molecule has 5 rings (SSSR count). The molecule has 1 N–H and O–H groups in total. The number of nitrogens with one attached hydrogen (secondary N) is 1. The Morgan fingerprint density at radius 2 is 1.27 bits per heavy atom. The van der Waals surface area contributed by atoms with E-state index in [1.54, 1.807) is 60.6 Å². The van der Waals surface area contributed by atoms with Gasteiger partial charge in [0, 0.05) is 29.6 Å². The highest BCUT2D eigenvalue weighted by molar-refractivity contribution is 7.98. The van der Waals surface area contributed by atoms with Crippen molar-refractivity contribution in [2.45, 2.75) is 49.0 Å². The van der Waals surface area contributed by atoms with E-state index in [0.29, 0.717) is 28.7 Å². The van der Waals surface area contributed by atoms with Gasteiger partial charge in [-0.15, -0.1) is 11.8 Å². The van der Waals surface area contributed by atoms with Gasteiger partial charge < -0.3 is 33.6 Å². The second kappa shape index (κ2) is 16.7. The maximum absolute atomic E-state index is 13.6. The number of carbonyl (C=O) groups is 2. The Labute approximate surface area is 309 Å². The third-order valence-electron chi connectivity index (χ3n) is 8.51. The predicted molar refractivity (Wildman–Crippen MR) is 202 cm³/mol. The number of nitrogens with zero attached hydrogens (tertiary/aromatic N) is 2. The molecule has 0 unspecified atom stereocenters. The van der Waals surface area contributed by atoms with Gasteiger partial charge >= 0.3 is 12.1 Å². The van der Waals surface area contributed by atoms with Crippen molar-refractivity contribution in [3.63, 3.8) is 0 Å². The summed E-state index contributed by atoms with van der Waals surface area (Å²) in [5, 5.41) is 2.02. The second-order valence-electron chi connectivity index (χ2n) is 12.9. The number of esters is 1. The standard InChI is InChI=1S/C41H45N3O7S/c1-40(2,3)51-39(46)43-36(38(45)50-7)37(52-26-32-34(48-5)23-31(47-4)24-35(32)49-6)33-25-44(27-42-33)41(28-17-11-8-12-18-28,29-19-13-9-14-20-29)30-21-15-10-16-22-30/h8-25,27,36-37H,26H2,1-7H3,(H,43,46)/t36-,37-/m0/s1. The monoisotopic (exact) mass is 723 g/mol. The van der Waals surface area contributed by atoms with Crippen LogP contribution in [-0.2, 0) is 25.6 Å². The van der Waals surface area contributed by atoms with Crippen LogP contribution < -0.4 is 19.5 Å². The lowest BCUT2D eigenvalue weighted by atomic mass is 9.77. The molecule has 2 atom stereocenters. The van der Waals surface area contributed by atoms with Crippen LogP contribution in [0.3, 0.4) is 0 Å². The molecule has 1 heterocycles. The zero-order valence-electron chi connectivity index (χ0n) is 30.5. The van der Waals surface area contributed by atoms with Gasteiger partial charge in [-0.25, -0.2) is 14.6 Å². The van der Waals surface area contributed by atoms with Crippen molar-refractivity contribution in [3.05, 3.63) is 144 Å². The van der Waals surface area contributed by atoms with E-state index in [0.717, 1.165) is 22.3 Å². The quantitative estimate of drug-likeness (QED) is 0.0907. The molecular weight excluding hydrogens is 679 g/mol. The van der Waals surface area contributed by atoms with Crippen LogP contribution in [-0.4, -0.2) is 61.7 Å². The number of rotatable bonds is 14. The molecule has 52 heavy (non-hydrogen) atoms. The van der Waals surface area contributed by atoms with Crippen molar-refractivity contribution in [3.8, 4) is 17.2 Å². The number of imidazole rings is 1. The summed E-state index contributed by atoms with van der Waals surface area (Å²) in [6.45, 7) is 5.27. The third-order valence-corrected chi connectivity index (χ3v) is 9.84. The number of ether oxygens (including phenoxy) is 5. The average Bonchev–Trinajstić information content (AvgIpc) is 3.65. The van der Waals surface area contributed by atoms with Gasteiger partial charge in [0.15, 0.2) is 0 Å². The van der Waals surface area contributed by atoms with E-state index >= 15 is 0 Å². The first kappa shape index (κ1) is 37.8. The molecule has 272 valence electrons. The highest BCUT2D eigenvalue weighted by atomic mass is 32.2. The van der Waals surface area contributed by atoms with Crippen LogP contribution >= 0.6 is 11.8 Å². The Morgan fingerprint density at radius 3 is 1.69 bits per heavy atom. The van der Waals surface area contributed by atoms with Crippen molar-refractivity contribution < 1.29 is 33.3 Å². The summed E-state index contributed by atoms with van der Waals surface area (Å²) in [5.41, 5.74) is 2.60. The molecule has 0 spiro atoms. The number of hydrogen-bond acceptors (Lipinski definition) is 9. The zero-order chi connectivity index (χ0) is 37.3. The smallest absolute Gasteiger partial charge is 0.408 e. The van der Waals surface area contributed by atoms with Crippen molar-refractivity contribution in [2.24, 2.45) is 0 Å². The lowest BCUT2D eigenvalue weighted by molar-refractivity contribution is -0.143. The molecule has 1 amide bonds. The van der Waals surface area contributed by atoms with Crippen LogP contribution in [0.4, 0.5) is 4.79 Å². The van der Waals surface area contributed by atoms with Crippen LogP contribution in [0.5, 0.6) is 17.2 Å². The molecule has 0 fully saturated rings. The Kier molecular flexibility index (Phi) is 12.2. The number of thioether (sulfide) groups is 1. The number of aromatic nitrogens is 2. The van der Waals surface area contributed by atoms with E-state index in [9.17, 15) is 9.59 Å². The Balaban J connectivity index is 1.70. The molecule has 0 radical (unpaired) electrons. The molecule has 4 aromatic carbocycles. The van der Waals surface area contributed by atoms with Gasteiger partial charge in [0.1, 0.15) is 34.4 Å². The molecule has 0 aliphatic rings. The molecule has 0 saturated carbocycles. The van der Waals surface area contributed by atoms with E-state index in [4.69, 9.17) is 28.7 Å².